The first kappa shape index (κ1) is 24.0. The predicted octanol–water partition coefficient (Wildman–Crippen LogP) is 5.02. The number of sulfone groups is 1. The quantitative estimate of drug-likeness (QED) is 0.439. The van der Waals surface area contributed by atoms with E-state index in [1.807, 2.05) is 6.26 Å². The third-order valence-electron chi connectivity index (χ3n) is 5.01. The molecule has 0 unspecified atom stereocenters. The van der Waals surface area contributed by atoms with E-state index in [1.165, 1.54) is 34.6 Å². The summed E-state index contributed by atoms with van der Waals surface area (Å²) in [7, 11) is -3.45. The van der Waals surface area contributed by atoms with Crippen molar-refractivity contribution in [1.82, 2.24) is 4.57 Å². The van der Waals surface area contributed by atoms with E-state index in [2.05, 4.69) is 35.5 Å². The molecule has 5 nitrogen and oxygen atoms in total. The number of hydrogen-bond acceptors (Lipinski definition) is 5. The smallest absolute Gasteiger partial charge is 0.248 e. The number of fused-ring (bicyclic) bond motifs is 1. The van der Waals surface area contributed by atoms with Crippen LogP contribution in [0.3, 0.4) is 0 Å². The van der Waals surface area contributed by atoms with E-state index < -0.39 is 9.84 Å². The SMILES string of the molecule is CSCCn1c(=NC(=O)CCCS(=O)(=O)c2ccc(Cl)cc2)sc2cc(C)c(C)cc21. The number of hydrogen-bond donors (Lipinski definition) is 0. The van der Waals surface area contributed by atoms with E-state index in [4.69, 9.17) is 11.6 Å². The summed E-state index contributed by atoms with van der Waals surface area (Å²) in [5, 5.41) is 0.483. The molecule has 166 valence electrons. The van der Waals surface area contributed by atoms with Crippen LogP contribution >= 0.6 is 34.7 Å². The lowest BCUT2D eigenvalue weighted by Gasteiger charge is -2.06. The van der Waals surface area contributed by atoms with Gasteiger partial charge in [-0.2, -0.15) is 16.8 Å². The zero-order chi connectivity index (χ0) is 22.6. The molecule has 2 aromatic carbocycles. The van der Waals surface area contributed by atoms with E-state index in [0.29, 0.717) is 9.82 Å². The molecule has 0 aliphatic rings. The maximum Gasteiger partial charge on any atom is 0.248 e. The maximum atomic E-state index is 12.5. The summed E-state index contributed by atoms with van der Waals surface area (Å²) in [6.07, 6.45) is 2.36. The van der Waals surface area contributed by atoms with Crippen molar-refractivity contribution in [2.45, 2.75) is 38.1 Å². The van der Waals surface area contributed by atoms with Crippen molar-refractivity contribution >= 4 is 60.7 Å². The van der Waals surface area contributed by atoms with Gasteiger partial charge in [0, 0.05) is 23.7 Å². The van der Waals surface area contributed by atoms with Crippen molar-refractivity contribution in [3.8, 4) is 0 Å². The molecule has 0 saturated heterocycles. The molecule has 3 aromatic rings. The lowest BCUT2D eigenvalue weighted by atomic mass is 10.1. The van der Waals surface area contributed by atoms with Crippen molar-refractivity contribution in [2.24, 2.45) is 4.99 Å². The highest BCUT2D eigenvalue weighted by Gasteiger charge is 2.15. The molecule has 0 aliphatic carbocycles. The third-order valence-corrected chi connectivity index (χ3v) is 8.71. The van der Waals surface area contributed by atoms with Crippen molar-refractivity contribution in [1.29, 1.82) is 0 Å². The lowest BCUT2D eigenvalue weighted by molar-refractivity contribution is -0.118. The Kier molecular flexibility index (Phi) is 8.02. The average molecular weight is 497 g/mol. The molecular weight excluding hydrogens is 472 g/mol. The lowest BCUT2D eigenvalue weighted by Crippen LogP contribution is -2.18. The predicted molar refractivity (Wildman–Crippen MR) is 131 cm³/mol. The van der Waals surface area contributed by atoms with E-state index in [9.17, 15) is 13.2 Å². The Morgan fingerprint density at radius 3 is 2.52 bits per heavy atom. The van der Waals surface area contributed by atoms with Gasteiger partial charge < -0.3 is 4.57 Å². The van der Waals surface area contributed by atoms with Gasteiger partial charge in [0.05, 0.1) is 20.9 Å². The summed E-state index contributed by atoms with van der Waals surface area (Å²) in [5.41, 5.74) is 3.49. The summed E-state index contributed by atoms with van der Waals surface area (Å²) in [6.45, 7) is 4.92. The van der Waals surface area contributed by atoms with Gasteiger partial charge in [-0.1, -0.05) is 22.9 Å². The minimum absolute atomic E-state index is 0.0850. The number of thioether (sulfide) groups is 1. The van der Waals surface area contributed by atoms with Gasteiger partial charge in [-0.3, -0.25) is 4.79 Å². The first-order valence-corrected chi connectivity index (χ1v) is 14.1. The minimum atomic E-state index is -3.45. The fraction of sp³-hybridized carbons (Fsp3) is 0.364. The summed E-state index contributed by atoms with van der Waals surface area (Å²) in [6, 6.07) is 10.3. The molecule has 0 spiro atoms. The first-order chi connectivity index (χ1) is 14.7. The Morgan fingerprint density at radius 1 is 1.16 bits per heavy atom. The van der Waals surface area contributed by atoms with E-state index in [-0.39, 0.29) is 29.4 Å². The van der Waals surface area contributed by atoms with Crippen molar-refractivity contribution in [2.75, 3.05) is 17.8 Å². The molecule has 0 saturated carbocycles. The topological polar surface area (TPSA) is 68.5 Å². The fourth-order valence-electron chi connectivity index (χ4n) is 3.14. The number of halogens is 1. The van der Waals surface area contributed by atoms with Gasteiger partial charge in [0.1, 0.15) is 0 Å². The van der Waals surface area contributed by atoms with Gasteiger partial charge in [0.25, 0.3) is 0 Å². The largest absolute Gasteiger partial charge is 0.316 e. The van der Waals surface area contributed by atoms with Crippen molar-refractivity contribution in [3.05, 3.63) is 57.3 Å². The number of amides is 1. The monoisotopic (exact) mass is 496 g/mol. The van der Waals surface area contributed by atoms with Crippen LogP contribution in [-0.4, -0.2) is 36.7 Å². The Balaban J connectivity index is 1.77. The minimum Gasteiger partial charge on any atom is -0.316 e. The van der Waals surface area contributed by atoms with Crippen LogP contribution in [0.1, 0.15) is 24.0 Å². The molecule has 1 amide bonds. The number of carbonyl (C=O) groups is 1. The number of thiazole rings is 1. The summed E-state index contributed by atoms with van der Waals surface area (Å²) in [5.74, 6) is 0.510. The highest BCUT2D eigenvalue weighted by atomic mass is 35.5. The van der Waals surface area contributed by atoms with Crippen LogP contribution in [-0.2, 0) is 21.2 Å². The highest BCUT2D eigenvalue weighted by molar-refractivity contribution is 7.98. The third kappa shape index (κ3) is 6.00. The molecule has 3 rings (SSSR count). The second-order valence-corrected chi connectivity index (χ2v) is 11.9. The Bertz CT molecular complexity index is 1260. The zero-order valence-electron chi connectivity index (χ0n) is 17.7. The zero-order valence-corrected chi connectivity index (χ0v) is 20.9. The molecule has 0 N–H and O–H groups in total. The Morgan fingerprint density at radius 2 is 1.84 bits per heavy atom. The molecule has 0 aliphatic heterocycles. The summed E-state index contributed by atoms with van der Waals surface area (Å²) in [4.78, 5) is 17.7. The van der Waals surface area contributed by atoms with Crippen molar-refractivity contribution in [3.63, 3.8) is 0 Å². The number of rotatable bonds is 8. The van der Waals surface area contributed by atoms with Crippen LogP contribution in [0.25, 0.3) is 10.2 Å². The molecule has 0 fully saturated rings. The van der Waals surface area contributed by atoms with Crippen LogP contribution in [0.2, 0.25) is 5.02 Å². The second-order valence-electron chi connectivity index (χ2n) is 7.32. The van der Waals surface area contributed by atoms with E-state index in [0.717, 1.165) is 22.5 Å². The standard InChI is InChI=1S/C22H25ClN2O3S3/c1-15-13-19-20(14-16(15)2)30-22(25(19)10-11-29-3)24-21(26)5-4-12-31(27,28)18-8-6-17(23)7-9-18/h6-9,13-14H,4-5,10-12H2,1-3H3. The molecular formula is C22H25ClN2O3S3. The molecule has 9 heteroatoms. The van der Waals surface area contributed by atoms with Crippen LogP contribution in [0.5, 0.6) is 0 Å². The number of aromatic nitrogens is 1. The van der Waals surface area contributed by atoms with E-state index in [1.54, 1.807) is 23.9 Å². The number of carbonyl (C=O) groups excluding carboxylic acids is 1. The Hall–Kier alpha value is -1.61. The van der Waals surface area contributed by atoms with E-state index >= 15 is 0 Å². The first-order valence-electron chi connectivity index (χ1n) is 9.86. The van der Waals surface area contributed by atoms with Gasteiger partial charge in [-0.25, -0.2) is 8.42 Å². The molecule has 0 radical (unpaired) electrons. The van der Waals surface area contributed by atoms with Crippen LogP contribution in [0.4, 0.5) is 0 Å². The fourth-order valence-corrected chi connectivity index (χ4v) is 6.10. The molecule has 31 heavy (non-hydrogen) atoms. The van der Waals surface area contributed by atoms with Gasteiger partial charge in [-0.05, 0) is 74.0 Å². The second kappa shape index (κ2) is 10.3. The van der Waals surface area contributed by atoms with Crippen LogP contribution in [0, 0.1) is 13.8 Å². The summed E-state index contributed by atoms with van der Waals surface area (Å²) >= 11 is 9.06. The highest BCUT2D eigenvalue weighted by Crippen LogP contribution is 2.22. The van der Waals surface area contributed by atoms with Crippen molar-refractivity contribution < 1.29 is 13.2 Å². The molecule has 1 aromatic heterocycles. The summed E-state index contributed by atoms with van der Waals surface area (Å²) < 4.78 is 28.1. The molecule has 1 heterocycles. The molecule has 0 atom stereocenters. The van der Waals surface area contributed by atoms with Gasteiger partial charge in [-0.15, -0.1) is 0 Å². The molecule has 0 bridgehead atoms. The normalized spacial score (nSPS) is 12.6. The number of nitrogens with zero attached hydrogens (tertiary/aromatic N) is 2. The maximum absolute atomic E-state index is 12.5. The van der Waals surface area contributed by atoms with Gasteiger partial charge in [0.2, 0.25) is 5.91 Å². The number of benzene rings is 2. The average Bonchev–Trinajstić information content (AvgIpc) is 3.02. The number of aryl methyl sites for hydroxylation is 3. The Labute approximate surface area is 196 Å². The van der Waals surface area contributed by atoms with Crippen LogP contribution < -0.4 is 4.80 Å². The van der Waals surface area contributed by atoms with Crippen LogP contribution in [0.15, 0.2) is 46.3 Å². The van der Waals surface area contributed by atoms with Gasteiger partial charge >= 0.3 is 0 Å². The van der Waals surface area contributed by atoms with Gasteiger partial charge in [0.15, 0.2) is 14.6 Å².